The molecule has 2 aromatic rings. The van der Waals surface area contributed by atoms with E-state index in [1.165, 1.54) is 12.0 Å². The monoisotopic (exact) mass is 321 g/mol. The number of carbonyl (C=O) groups is 1. The molecule has 23 heavy (non-hydrogen) atoms. The number of ether oxygens (including phenoxy) is 1. The average Bonchev–Trinajstić information content (AvgIpc) is 3.10. The maximum atomic E-state index is 14.0. The second kappa shape index (κ2) is 6.36. The van der Waals surface area contributed by atoms with Gasteiger partial charge in [-0.15, -0.1) is 0 Å². The first-order valence-electron chi connectivity index (χ1n) is 7.42. The molecule has 0 atom stereocenters. The van der Waals surface area contributed by atoms with Crippen LogP contribution in [0.15, 0.2) is 30.6 Å². The summed E-state index contributed by atoms with van der Waals surface area (Å²) in [6.07, 6.45) is 5.03. The first kappa shape index (κ1) is 15.5. The van der Waals surface area contributed by atoms with E-state index in [9.17, 15) is 13.6 Å². The number of aromatic nitrogens is 2. The molecule has 0 radical (unpaired) electrons. The molecule has 1 aliphatic heterocycles. The van der Waals surface area contributed by atoms with E-state index in [2.05, 4.69) is 5.10 Å². The second-order valence-electron chi connectivity index (χ2n) is 5.45. The number of benzene rings is 1. The van der Waals surface area contributed by atoms with Gasteiger partial charge in [0, 0.05) is 25.5 Å². The van der Waals surface area contributed by atoms with Crippen molar-refractivity contribution in [2.75, 3.05) is 20.2 Å². The van der Waals surface area contributed by atoms with Crippen LogP contribution in [0.3, 0.4) is 0 Å². The number of methoxy groups -OCH3 is 1. The van der Waals surface area contributed by atoms with Gasteiger partial charge in [0.05, 0.1) is 13.2 Å². The molecule has 2 heterocycles. The van der Waals surface area contributed by atoms with E-state index in [0.29, 0.717) is 25.9 Å². The first-order valence-corrected chi connectivity index (χ1v) is 7.42. The lowest BCUT2D eigenvalue weighted by molar-refractivity contribution is 0.0680. The van der Waals surface area contributed by atoms with Gasteiger partial charge in [0.15, 0.2) is 11.6 Å². The standard InChI is InChI=1S/C16H17F2N3O2/c1-23-15-13(18)4-3-12(17)14(15)16(22)20-9-5-11(6-10-20)21-8-2-7-19-21/h2-4,7-8,11H,5-6,9-10H2,1H3. The zero-order valence-electron chi connectivity index (χ0n) is 12.7. The van der Waals surface area contributed by atoms with Crippen LogP contribution in [-0.2, 0) is 0 Å². The van der Waals surface area contributed by atoms with Crippen LogP contribution in [-0.4, -0.2) is 40.8 Å². The van der Waals surface area contributed by atoms with Crippen molar-refractivity contribution >= 4 is 5.91 Å². The summed E-state index contributed by atoms with van der Waals surface area (Å²) in [5, 5.41) is 4.20. The van der Waals surface area contributed by atoms with Crippen molar-refractivity contribution < 1.29 is 18.3 Å². The maximum Gasteiger partial charge on any atom is 0.260 e. The van der Waals surface area contributed by atoms with Crippen LogP contribution in [0.25, 0.3) is 0 Å². The average molecular weight is 321 g/mol. The van der Waals surface area contributed by atoms with Crippen molar-refractivity contribution in [2.45, 2.75) is 18.9 Å². The molecule has 1 amide bonds. The van der Waals surface area contributed by atoms with Crippen LogP contribution in [0.5, 0.6) is 5.75 Å². The molecular formula is C16H17F2N3O2. The summed E-state index contributed by atoms with van der Waals surface area (Å²) in [6.45, 7) is 0.922. The summed E-state index contributed by atoms with van der Waals surface area (Å²) in [4.78, 5) is 14.1. The quantitative estimate of drug-likeness (QED) is 0.873. The van der Waals surface area contributed by atoms with E-state index in [0.717, 1.165) is 12.1 Å². The van der Waals surface area contributed by atoms with Crippen LogP contribution >= 0.6 is 0 Å². The molecule has 1 aromatic carbocycles. The normalized spacial score (nSPS) is 15.7. The Labute approximate surface area is 132 Å². The van der Waals surface area contributed by atoms with E-state index >= 15 is 0 Å². The predicted molar refractivity (Wildman–Crippen MR) is 79.3 cm³/mol. The van der Waals surface area contributed by atoms with Crippen LogP contribution < -0.4 is 4.74 Å². The minimum atomic E-state index is -0.776. The lowest BCUT2D eigenvalue weighted by Gasteiger charge is -2.32. The Balaban J connectivity index is 1.77. The van der Waals surface area contributed by atoms with Crippen molar-refractivity contribution in [2.24, 2.45) is 0 Å². The van der Waals surface area contributed by atoms with E-state index in [1.807, 2.05) is 16.9 Å². The Morgan fingerprint density at radius 1 is 1.26 bits per heavy atom. The number of likely N-dealkylation sites (tertiary alicyclic amines) is 1. The highest BCUT2D eigenvalue weighted by molar-refractivity contribution is 5.97. The van der Waals surface area contributed by atoms with E-state index in [4.69, 9.17) is 4.74 Å². The molecule has 0 N–H and O–H groups in total. The lowest BCUT2D eigenvalue weighted by Crippen LogP contribution is -2.39. The van der Waals surface area contributed by atoms with Gasteiger partial charge >= 0.3 is 0 Å². The summed E-state index contributed by atoms with van der Waals surface area (Å²) in [5.74, 6) is -2.41. The number of halogens is 2. The van der Waals surface area contributed by atoms with E-state index in [-0.39, 0.29) is 17.4 Å². The highest BCUT2D eigenvalue weighted by Gasteiger charge is 2.29. The number of rotatable bonds is 3. The Bertz CT molecular complexity index is 696. The van der Waals surface area contributed by atoms with Gasteiger partial charge in [0.2, 0.25) is 0 Å². The second-order valence-corrected chi connectivity index (χ2v) is 5.45. The molecule has 122 valence electrons. The molecule has 0 aliphatic carbocycles. The van der Waals surface area contributed by atoms with Gasteiger partial charge in [-0.05, 0) is 31.0 Å². The summed E-state index contributed by atoms with van der Waals surface area (Å²) in [7, 11) is 1.22. The first-order chi connectivity index (χ1) is 11.1. The van der Waals surface area contributed by atoms with E-state index in [1.54, 1.807) is 6.20 Å². The summed E-state index contributed by atoms with van der Waals surface area (Å²) in [5.41, 5.74) is -0.343. The van der Waals surface area contributed by atoms with Crippen molar-refractivity contribution in [3.63, 3.8) is 0 Å². The van der Waals surface area contributed by atoms with Gasteiger partial charge in [-0.3, -0.25) is 9.48 Å². The molecule has 0 bridgehead atoms. The molecule has 1 fully saturated rings. The molecule has 1 saturated heterocycles. The number of hydrogen-bond donors (Lipinski definition) is 0. The Morgan fingerprint density at radius 2 is 1.96 bits per heavy atom. The van der Waals surface area contributed by atoms with Crippen molar-refractivity contribution in [1.29, 1.82) is 0 Å². The van der Waals surface area contributed by atoms with Crippen molar-refractivity contribution in [1.82, 2.24) is 14.7 Å². The fraction of sp³-hybridized carbons (Fsp3) is 0.375. The Morgan fingerprint density at radius 3 is 2.57 bits per heavy atom. The fourth-order valence-electron chi connectivity index (χ4n) is 2.92. The van der Waals surface area contributed by atoms with Crippen molar-refractivity contribution in [3.05, 3.63) is 47.8 Å². The van der Waals surface area contributed by atoms with Gasteiger partial charge < -0.3 is 9.64 Å². The van der Waals surface area contributed by atoms with Crippen LogP contribution in [0.1, 0.15) is 29.2 Å². The molecule has 5 nitrogen and oxygen atoms in total. The number of piperidine rings is 1. The van der Waals surface area contributed by atoms with Gasteiger partial charge in [0.25, 0.3) is 5.91 Å². The van der Waals surface area contributed by atoms with Crippen LogP contribution in [0.4, 0.5) is 8.78 Å². The molecule has 7 heteroatoms. The largest absolute Gasteiger partial charge is 0.493 e. The maximum absolute atomic E-state index is 14.0. The zero-order chi connectivity index (χ0) is 16.4. The van der Waals surface area contributed by atoms with Crippen LogP contribution in [0, 0.1) is 11.6 Å². The Hall–Kier alpha value is -2.44. The summed E-state index contributed by atoms with van der Waals surface area (Å²) >= 11 is 0. The third-order valence-corrected chi connectivity index (χ3v) is 4.13. The highest BCUT2D eigenvalue weighted by atomic mass is 19.1. The Kier molecular flexibility index (Phi) is 4.27. The summed E-state index contributed by atoms with van der Waals surface area (Å²) < 4.78 is 34.5. The predicted octanol–water partition coefficient (Wildman–Crippen LogP) is 2.65. The van der Waals surface area contributed by atoms with Gasteiger partial charge in [-0.1, -0.05) is 0 Å². The van der Waals surface area contributed by atoms with E-state index < -0.39 is 17.5 Å². The number of nitrogens with zero attached hydrogens (tertiary/aromatic N) is 3. The van der Waals surface area contributed by atoms with Gasteiger partial charge in [-0.25, -0.2) is 8.78 Å². The van der Waals surface area contributed by atoms with Crippen LogP contribution in [0.2, 0.25) is 0 Å². The topological polar surface area (TPSA) is 47.4 Å². The number of amides is 1. The molecule has 1 aromatic heterocycles. The number of carbonyl (C=O) groups excluding carboxylic acids is 1. The molecule has 0 spiro atoms. The smallest absolute Gasteiger partial charge is 0.260 e. The highest BCUT2D eigenvalue weighted by Crippen LogP contribution is 2.29. The van der Waals surface area contributed by atoms with Crippen molar-refractivity contribution in [3.8, 4) is 5.75 Å². The molecule has 0 unspecified atom stereocenters. The third kappa shape index (κ3) is 2.91. The minimum Gasteiger partial charge on any atom is -0.493 e. The number of hydrogen-bond acceptors (Lipinski definition) is 3. The van der Waals surface area contributed by atoms with Gasteiger partial charge in [-0.2, -0.15) is 5.10 Å². The SMILES string of the molecule is COc1c(F)ccc(F)c1C(=O)N1CCC(n2cccn2)CC1. The molecule has 1 aliphatic rings. The minimum absolute atomic E-state index is 0.216. The fourth-order valence-corrected chi connectivity index (χ4v) is 2.92. The lowest BCUT2D eigenvalue weighted by atomic mass is 10.0. The van der Waals surface area contributed by atoms with Gasteiger partial charge in [0.1, 0.15) is 11.4 Å². The third-order valence-electron chi connectivity index (χ3n) is 4.13. The molecular weight excluding hydrogens is 304 g/mol. The molecule has 0 saturated carbocycles. The molecule has 3 rings (SSSR count). The zero-order valence-corrected chi connectivity index (χ0v) is 12.7. The summed E-state index contributed by atoms with van der Waals surface area (Å²) in [6, 6.07) is 3.97.